The van der Waals surface area contributed by atoms with E-state index in [1.165, 1.54) is 43.4 Å². The third kappa shape index (κ3) is 2.56. The summed E-state index contributed by atoms with van der Waals surface area (Å²) in [5.41, 5.74) is 9.65. The predicted octanol–water partition coefficient (Wildman–Crippen LogP) is 3.74. The van der Waals surface area contributed by atoms with Gasteiger partial charge in [-0.25, -0.2) is 0 Å². The molecule has 2 N–H and O–H groups in total. The van der Waals surface area contributed by atoms with Gasteiger partial charge in [0.1, 0.15) is 0 Å². The van der Waals surface area contributed by atoms with E-state index in [4.69, 9.17) is 5.73 Å². The van der Waals surface area contributed by atoms with Crippen LogP contribution in [0.15, 0.2) is 18.2 Å². The molecule has 0 amide bonds. The Labute approximate surface area is 105 Å². The molecule has 1 heterocycles. The second kappa shape index (κ2) is 5.44. The van der Waals surface area contributed by atoms with E-state index >= 15 is 0 Å². The van der Waals surface area contributed by atoms with Crippen LogP contribution in [-0.2, 0) is 0 Å². The topological polar surface area (TPSA) is 29.3 Å². The summed E-state index contributed by atoms with van der Waals surface area (Å²) in [6.07, 6.45) is 6.54. The van der Waals surface area contributed by atoms with E-state index in [0.29, 0.717) is 6.04 Å². The van der Waals surface area contributed by atoms with Crippen LogP contribution in [0.4, 0.5) is 11.4 Å². The molecule has 17 heavy (non-hydrogen) atoms. The zero-order valence-electron chi connectivity index (χ0n) is 11.1. The Kier molecular flexibility index (Phi) is 3.93. The second-order valence-electron chi connectivity index (χ2n) is 5.11. The van der Waals surface area contributed by atoms with Gasteiger partial charge in [0, 0.05) is 12.6 Å². The minimum Gasteiger partial charge on any atom is -0.397 e. The zero-order valence-corrected chi connectivity index (χ0v) is 11.1. The second-order valence-corrected chi connectivity index (χ2v) is 5.11. The van der Waals surface area contributed by atoms with E-state index in [9.17, 15) is 0 Å². The van der Waals surface area contributed by atoms with Crippen LogP contribution in [0.5, 0.6) is 0 Å². The van der Waals surface area contributed by atoms with Crippen molar-refractivity contribution in [1.82, 2.24) is 0 Å². The van der Waals surface area contributed by atoms with Gasteiger partial charge in [-0.1, -0.05) is 31.9 Å². The van der Waals surface area contributed by atoms with Gasteiger partial charge in [0.15, 0.2) is 0 Å². The average Bonchev–Trinajstić information content (AvgIpc) is 2.57. The highest BCUT2D eigenvalue weighted by molar-refractivity contribution is 5.71. The van der Waals surface area contributed by atoms with Gasteiger partial charge in [-0.05, 0) is 37.8 Å². The van der Waals surface area contributed by atoms with Gasteiger partial charge in [-0.3, -0.25) is 0 Å². The van der Waals surface area contributed by atoms with Crippen LogP contribution < -0.4 is 10.6 Å². The van der Waals surface area contributed by atoms with Crippen molar-refractivity contribution < 1.29 is 0 Å². The lowest BCUT2D eigenvalue weighted by molar-refractivity contribution is 0.556. The average molecular weight is 232 g/mol. The Morgan fingerprint density at radius 2 is 2.12 bits per heavy atom. The number of rotatable bonds is 2. The monoisotopic (exact) mass is 232 g/mol. The Morgan fingerprint density at radius 1 is 1.29 bits per heavy atom. The quantitative estimate of drug-likeness (QED) is 0.787. The first-order valence-corrected chi connectivity index (χ1v) is 6.85. The van der Waals surface area contributed by atoms with Crippen molar-refractivity contribution in [3.8, 4) is 0 Å². The zero-order chi connectivity index (χ0) is 12.3. The fourth-order valence-electron chi connectivity index (χ4n) is 2.83. The molecule has 1 unspecified atom stereocenters. The number of nitrogens with zero attached hydrogens (tertiary/aromatic N) is 1. The summed E-state index contributed by atoms with van der Waals surface area (Å²) in [5, 5.41) is 0. The van der Waals surface area contributed by atoms with E-state index < -0.39 is 0 Å². The first kappa shape index (κ1) is 12.3. The van der Waals surface area contributed by atoms with Crippen molar-refractivity contribution in [3.63, 3.8) is 0 Å². The Bertz CT molecular complexity index is 373. The third-order valence-corrected chi connectivity index (χ3v) is 3.96. The van der Waals surface area contributed by atoms with Crippen molar-refractivity contribution in [2.24, 2.45) is 0 Å². The summed E-state index contributed by atoms with van der Waals surface area (Å²) < 4.78 is 0. The lowest BCUT2D eigenvalue weighted by Gasteiger charge is -2.32. The van der Waals surface area contributed by atoms with Crippen LogP contribution in [0.25, 0.3) is 0 Å². The van der Waals surface area contributed by atoms with Gasteiger partial charge < -0.3 is 10.6 Å². The van der Waals surface area contributed by atoms with Gasteiger partial charge >= 0.3 is 0 Å². The summed E-state index contributed by atoms with van der Waals surface area (Å²) in [4.78, 5) is 2.54. The van der Waals surface area contributed by atoms with Gasteiger partial charge in [-0.15, -0.1) is 0 Å². The number of anilines is 2. The maximum absolute atomic E-state index is 6.24. The molecule has 1 saturated heterocycles. The Hall–Kier alpha value is -1.18. The van der Waals surface area contributed by atoms with Crippen LogP contribution >= 0.6 is 0 Å². The maximum atomic E-state index is 6.24. The van der Waals surface area contributed by atoms with Gasteiger partial charge in [0.05, 0.1) is 11.4 Å². The number of hydrogen-bond donors (Lipinski definition) is 1. The van der Waals surface area contributed by atoms with E-state index in [1.807, 2.05) is 0 Å². The molecule has 1 aromatic rings. The van der Waals surface area contributed by atoms with Crippen molar-refractivity contribution in [3.05, 3.63) is 23.8 Å². The summed E-state index contributed by atoms with van der Waals surface area (Å²) in [5.74, 6) is 0. The van der Waals surface area contributed by atoms with Crippen LogP contribution in [-0.4, -0.2) is 12.6 Å². The van der Waals surface area contributed by atoms with Crippen LogP contribution in [0, 0.1) is 6.92 Å². The summed E-state index contributed by atoms with van der Waals surface area (Å²) in [7, 11) is 0. The normalized spacial score (nSPS) is 21.3. The first-order chi connectivity index (χ1) is 8.24. The Morgan fingerprint density at radius 3 is 2.88 bits per heavy atom. The number of aryl methyl sites for hydroxylation is 1. The van der Waals surface area contributed by atoms with E-state index in [2.05, 4.69) is 36.9 Å². The molecule has 2 rings (SSSR count). The molecule has 0 aromatic heterocycles. The standard InChI is InChI=1S/C15H24N2/c1-3-13-9-5-4-6-11-17(13)14-10-7-8-12(2)15(14)16/h7-8,10,13H,3-6,9,11,16H2,1-2H3. The molecular weight excluding hydrogens is 208 g/mol. The van der Waals surface area contributed by atoms with Crippen molar-refractivity contribution in [2.45, 2.75) is 52.0 Å². The summed E-state index contributed by atoms with van der Waals surface area (Å²) >= 11 is 0. The van der Waals surface area contributed by atoms with Gasteiger partial charge in [-0.2, -0.15) is 0 Å². The molecule has 0 radical (unpaired) electrons. The SMILES string of the molecule is CCC1CCCCCN1c1cccc(C)c1N. The summed E-state index contributed by atoms with van der Waals surface area (Å²) in [6, 6.07) is 7.06. The van der Waals surface area contributed by atoms with Gasteiger partial charge in [0.25, 0.3) is 0 Å². The lowest BCUT2D eigenvalue weighted by Crippen LogP contribution is -2.35. The third-order valence-electron chi connectivity index (χ3n) is 3.96. The molecule has 2 heteroatoms. The largest absolute Gasteiger partial charge is 0.397 e. The number of benzene rings is 1. The minimum atomic E-state index is 0.668. The molecule has 1 aliphatic rings. The number of hydrogen-bond acceptors (Lipinski definition) is 2. The highest BCUT2D eigenvalue weighted by Gasteiger charge is 2.21. The molecule has 1 fully saturated rings. The predicted molar refractivity (Wildman–Crippen MR) is 75.5 cm³/mol. The summed E-state index contributed by atoms with van der Waals surface area (Å²) in [6.45, 7) is 5.54. The highest BCUT2D eigenvalue weighted by atomic mass is 15.2. The van der Waals surface area contributed by atoms with Crippen LogP contribution in [0.1, 0.15) is 44.6 Å². The maximum Gasteiger partial charge on any atom is 0.0605 e. The molecule has 0 aliphatic carbocycles. The molecule has 0 spiro atoms. The molecule has 1 aromatic carbocycles. The molecule has 2 nitrogen and oxygen atoms in total. The number of nitrogen functional groups attached to an aromatic ring is 1. The fraction of sp³-hybridized carbons (Fsp3) is 0.600. The smallest absolute Gasteiger partial charge is 0.0605 e. The van der Waals surface area contributed by atoms with Crippen molar-refractivity contribution in [2.75, 3.05) is 17.2 Å². The van der Waals surface area contributed by atoms with E-state index in [0.717, 1.165) is 12.2 Å². The van der Waals surface area contributed by atoms with E-state index in [1.54, 1.807) is 0 Å². The molecule has 0 saturated carbocycles. The number of para-hydroxylation sites is 1. The van der Waals surface area contributed by atoms with E-state index in [-0.39, 0.29) is 0 Å². The molecule has 94 valence electrons. The fourth-order valence-corrected chi connectivity index (χ4v) is 2.83. The molecular formula is C15H24N2. The molecule has 0 bridgehead atoms. The number of nitrogens with two attached hydrogens (primary N) is 1. The minimum absolute atomic E-state index is 0.668. The Balaban J connectivity index is 2.31. The first-order valence-electron chi connectivity index (χ1n) is 6.85. The molecule has 1 aliphatic heterocycles. The van der Waals surface area contributed by atoms with Crippen LogP contribution in [0.2, 0.25) is 0 Å². The van der Waals surface area contributed by atoms with Crippen molar-refractivity contribution in [1.29, 1.82) is 0 Å². The lowest BCUT2D eigenvalue weighted by atomic mass is 10.1. The van der Waals surface area contributed by atoms with Gasteiger partial charge in [0.2, 0.25) is 0 Å². The highest BCUT2D eigenvalue weighted by Crippen LogP contribution is 2.31. The van der Waals surface area contributed by atoms with Crippen molar-refractivity contribution >= 4 is 11.4 Å². The molecule has 1 atom stereocenters. The van der Waals surface area contributed by atoms with Crippen LogP contribution in [0.3, 0.4) is 0 Å².